The molecule has 4 heteroatoms. The minimum atomic E-state index is 0.566. The van der Waals surface area contributed by atoms with E-state index in [1.165, 1.54) is 0 Å². The van der Waals surface area contributed by atoms with Gasteiger partial charge in [-0.3, -0.25) is 4.98 Å². The van der Waals surface area contributed by atoms with Crippen molar-refractivity contribution in [3.8, 4) is 5.75 Å². The van der Waals surface area contributed by atoms with E-state index >= 15 is 0 Å². The maximum absolute atomic E-state index is 5.73. The lowest BCUT2D eigenvalue weighted by Gasteiger charge is -2.16. The van der Waals surface area contributed by atoms with Crippen molar-refractivity contribution < 1.29 is 4.74 Å². The molecule has 1 aromatic carbocycles. The van der Waals surface area contributed by atoms with Crippen molar-refractivity contribution in [2.24, 2.45) is 5.73 Å². The number of nitrogens with zero attached hydrogens (tertiary/aromatic N) is 2. The molecule has 0 amide bonds. The molecule has 0 bridgehead atoms. The van der Waals surface area contributed by atoms with Crippen molar-refractivity contribution in [1.82, 2.24) is 9.88 Å². The van der Waals surface area contributed by atoms with E-state index in [-0.39, 0.29) is 0 Å². The van der Waals surface area contributed by atoms with E-state index in [1.807, 2.05) is 42.6 Å². The number of hydrogen-bond donors (Lipinski definition) is 1. The smallest absolute Gasteiger partial charge is 0.119 e. The van der Waals surface area contributed by atoms with Crippen LogP contribution in [0.3, 0.4) is 0 Å². The molecular formula is C17H23N3O. The molecule has 2 rings (SSSR count). The lowest BCUT2D eigenvalue weighted by Crippen LogP contribution is -2.26. The second kappa shape index (κ2) is 8.39. The van der Waals surface area contributed by atoms with Crippen LogP contribution in [0.15, 0.2) is 48.7 Å². The summed E-state index contributed by atoms with van der Waals surface area (Å²) in [5.74, 6) is 0.894. The Morgan fingerprint density at radius 2 is 1.90 bits per heavy atom. The van der Waals surface area contributed by atoms with Gasteiger partial charge < -0.3 is 15.4 Å². The van der Waals surface area contributed by atoms with E-state index in [0.717, 1.165) is 36.5 Å². The summed E-state index contributed by atoms with van der Waals surface area (Å²) in [5, 5.41) is 0. The van der Waals surface area contributed by atoms with Gasteiger partial charge in [0.25, 0.3) is 0 Å². The van der Waals surface area contributed by atoms with E-state index in [4.69, 9.17) is 10.5 Å². The molecule has 0 aliphatic heterocycles. The van der Waals surface area contributed by atoms with Gasteiger partial charge in [0, 0.05) is 37.9 Å². The molecule has 0 saturated carbocycles. The molecule has 0 saturated heterocycles. The predicted octanol–water partition coefficient (Wildman–Crippen LogP) is 2.09. The highest BCUT2D eigenvalue weighted by atomic mass is 16.5. The van der Waals surface area contributed by atoms with Crippen molar-refractivity contribution in [1.29, 1.82) is 0 Å². The molecule has 0 atom stereocenters. The Kier molecular flexibility index (Phi) is 6.19. The summed E-state index contributed by atoms with van der Waals surface area (Å²) in [7, 11) is 2.10. The van der Waals surface area contributed by atoms with Gasteiger partial charge >= 0.3 is 0 Å². The molecule has 2 aromatic rings. The van der Waals surface area contributed by atoms with Gasteiger partial charge in [0.1, 0.15) is 12.4 Å². The van der Waals surface area contributed by atoms with Crippen molar-refractivity contribution in [2.75, 3.05) is 26.7 Å². The lowest BCUT2D eigenvalue weighted by atomic mass is 10.2. The van der Waals surface area contributed by atoms with Gasteiger partial charge in [-0.1, -0.05) is 18.2 Å². The molecule has 112 valence electrons. The molecule has 21 heavy (non-hydrogen) atoms. The first kappa shape index (κ1) is 15.5. The largest absolute Gasteiger partial charge is 0.492 e. The summed E-state index contributed by atoms with van der Waals surface area (Å²) in [6.07, 6.45) is 2.80. The highest BCUT2D eigenvalue weighted by Gasteiger charge is 2.01. The third-order valence-corrected chi connectivity index (χ3v) is 3.38. The van der Waals surface area contributed by atoms with Crippen LogP contribution in [0.5, 0.6) is 5.75 Å². The van der Waals surface area contributed by atoms with Gasteiger partial charge in [0.15, 0.2) is 0 Å². The van der Waals surface area contributed by atoms with Gasteiger partial charge in [-0.15, -0.1) is 0 Å². The van der Waals surface area contributed by atoms with Crippen LogP contribution >= 0.6 is 0 Å². The molecule has 0 radical (unpaired) electrons. The average Bonchev–Trinajstić information content (AvgIpc) is 2.54. The van der Waals surface area contributed by atoms with Crippen LogP contribution < -0.4 is 10.5 Å². The normalized spacial score (nSPS) is 10.8. The minimum absolute atomic E-state index is 0.566. The van der Waals surface area contributed by atoms with Crippen LogP contribution in [-0.4, -0.2) is 36.6 Å². The fourth-order valence-electron chi connectivity index (χ4n) is 2.00. The number of ether oxygens (including phenoxy) is 1. The summed E-state index contributed by atoms with van der Waals surface area (Å²) < 4.78 is 5.73. The second-order valence-corrected chi connectivity index (χ2v) is 5.07. The number of rotatable bonds is 8. The number of aromatic nitrogens is 1. The van der Waals surface area contributed by atoms with Gasteiger partial charge in [-0.2, -0.15) is 0 Å². The van der Waals surface area contributed by atoms with Gasteiger partial charge in [-0.05, 0) is 36.9 Å². The summed E-state index contributed by atoms with van der Waals surface area (Å²) in [6, 6.07) is 14.0. The zero-order valence-electron chi connectivity index (χ0n) is 12.5. The van der Waals surface area contributed by atoms with Gasteiger partial charge in [0.2, 0.25) is 0 Å². The first-order valence-corrected chi connectivity index (χ1v) is 7.28. The van der Waals surface area contributed by atoms with Crippen LogP contribution in [0.1, 0.15) is 11.3 Å². The summed E-state index contributed by atoms with van der Waals surface area (Å²) >= 11 is 0. The van der Waals surface area contributed by atoms with Crippen molar-refractivity contribution in [2.45, 2.75) is 13.0 Å². The first-order chi connectivity index (χ1) is 10.3. The topological polar surface area (TPSA) is 51.4 Å². The Morgan fingerprint density at radius 1 is 1.10 bits per heavy atom. The number of nitrogens with two attached hydrogens (primary N) is 1. The number of hydrogen-bond acceptors (Lipinski definition) is 4. The fraction of sp³-hybridized carbons (Fsp3) is 0.353. The number of benzene rings is 1. The average molecular weight is 285 g/mol. The summed E-state index contributed by atoms with van der Waals surface area (Å²) in [6.45, 7) is 3.12. The molecule has 0 spiro atoms. The van der Waals surface area contributed by atoms with Crippen molar-refractivity contribution >= 4 is 0 Å². The van der Waals surface area contributed by atoms with Crippen molar-refractivity contribution in [3.05, 3.63) is 59.9 Å². The molecule has 4 nitrogen and oxygen atoms in total. The van der Waals surface area contributed by atoms with Gasteiger partial charge in [0.05, 0.1) is 0 Å². The SMILES string of the molecule is CN(CCOc1ccc(CN)cc1)CCc1ccccn1. The minimum Gasteiger partial charge on any atom is -0.492 e. The molecule has 0 unspecified atom stereocenters. The Labute approximate surface area is 126 Å². The maximum Gasteiger partial charge on any atom is 0.119 e. The third kappa shape index (κ3) is 5.53. The molecule has 0 aliphatic carbocycles. The molecule has 2 N–H and O–H groups in total. The third-order valence-electron chi connectivity index (χ3n) is 3.38. The summed E-state index contributed by atoms with van der Waals surface area (Å²) in [4.78, 5) is 6.58. The molecular weight excluding hydrogens is 262 g/mol. The summed E-state index contributed by atoms with van der Waals surface area (Å²) in [5.41, 5.74) is 7.82. The Morgan fingerprint density at radius 3 is 2.57 bits per heavy atom. The van der Waals surface area contributed by atoms with Crippen LogP contribution in [0.4, 0.5) is 0 Å². The lowest BCUT2D eigenvalue weighted by molar-refractivity contribution is 0.238. The Hall–Kier alpha value is -1.91. The maximum atomic E-state index is 5.73. The fourth-order valence-corrected chi connectivity index (χ4v) is 2.00. The Balaban J connectivity index is 1.65. The Bertz CT molecular complexity index is 513. The van der Waals surface area contributed by atoms with Crippen LogP contribution in [0, 0.1) is 0 Å². The number of likely N-dealkylation sites (N-methyl/N-ethyl adjacent to an activating group) is 1. The van der Waals surface area contributed by atoms with E-state index in [0.29, 0.717) is 13.2 Å². The molecule has 0 aliphatic rings. The van der Waals surface area contributed by atoms with E-state index in [1.54, 1.807) is 0 Å². The van der Waals surface area contributed by atoms with E-state index in [2.05, 4.69) is 23.0 Å². The second-order valence-electron chi connectivity index (χ2n) is 5.07. The van der Waals surface area contributed by atoms with E-state index in [9.17, 15) is 0 Å². The first-order valence-electron chi connectivity index (χ1n) is 7.28. The predicted molar refractivity (Wildman–Crippen MR) is 85.3 cm³/mol. The highest BCUT2D eigenvalue weighted by Crippen LogP contribution is 2.11. The van der Waals surface area contributed by atoms with Crippen LogP contribution in [0.2, 0.25) is 0 Å². The van der Waals surface area contributed by atoms with Crippen LogP contribution in [0.25, 0.3) is 0 Å². The zero-order valence-corrected chi connectivity index (χ0v) is 12.5. The molecule has 1 aromatic heterocycles. The monoisotopic (exact) mass is 285 g/mol. The van der Waals surface area contributed by atoms with Crippen LogP contribution in [-0.2, 0) is 13.0 Å². The zero-order chi connectivity index (χ0) is 14.9. The highest BCUT2D eigenvalue weighted by molar-refractivity contribution is 5.27. The molecule has 0 fully saturated rings. The van der Waals surface area contributed by atoms with Gasteiger partial charge in [-0.25, -0.2) is 0 Å². The molecule has 1 heterocycles. The van der Waals surface area contributed by atoms with Crippen molar-refractivity contribution in [3.63, 3.8) is 0 Å². The van der Waals surface area contributed by atoms with E-state index < -0.39 is 0 Å². The number of pyridine rings is 1. The quantitative estimate of drug-likeness (QED) is 0.807. The standard InChI is InChI=1S/C17H23N3O/c1-20(11-9-16-4-2-3-10-19-16)12-13-21-17-7-5-15(14-18)6-8-17/h2-8,10H,9,11-14,18H2,1H3.